The Labute approximate surface area is 111 Å². The first kappa shape index (κ1) is 15.4. The summed E-state index contributed by atoms with van der Waals surface area (Å²) in [6, 6.07) is 0. The van der Waals surface area contributed by atoms with Crippen molar-refractivity contribution in [3.63, 3.8) is 0 Å². The molecule has 0 heterocycles. The molecule has 0 aromatic carbocycles. The fourth-order valence-electron chi connectivity index (χ4n) is 2.88. The molecular weight excluding hydrogens is 226 g/mol. The van der Waals surface area contributed by atoms with E-state index in [-0.39, 0.29) is 11.8 Å². The minimum atomic E-state index is 0.163. The summed E-state index contributed by atoms with van der Waals surface area (Å²) in [6.07, 6.45) is 4.45. The van der Waals surface area contributed by atoms with E-state index in [2.05, 4.69) is 24.1 Å². The molecule has 1 saturated carbocycles. The number of amides is 1. The number of nitrogens with two attached hydrogens (primary N) is 1. The number of hydrogen-bond acceptors (Lipinski definition) is 3. The van der Waals surface area contributed by atoms with Crippen LogP contribution in [0.4, 0.5) is 0 Å². The molecular formula is C14H29N3O. The largest absolute Gasteiger partial charge is 0.355 e. The number of rotatable bonds is 8. The number of carbonyl (C=O) groups excluding carboxylic acids is 1. The summed E-state index contributed by atoms with van der Waals surface area (Å²) in [6.45, 7) is 8.88. The van der Waals surface area contributed by atoms with Crippen molar-refractivity contribution >= 4 is 5.91 Å². The highest BCUT2D eigenvalue weighted by atomic mass is 16.1. The molecule has 0 bridgehead atoms. The Kier molecular flexibility index (Phi) is 7.28. The monoisotopic (exact) mass is 255 g/mol. The Hall–Kier alpha value is -0.610. The van der Waals surface area contributed by atoms with Crippen molar-refractivity contribution in [2.45, 2.75) is 39.5 Å². The summed E-state index contributed by atoms with van der Waals surface area (Å²) >= 11 is 0. The number of likely N-dealkylation sites (N-methyl/N-ethyl adjacent to an activating group) is 1. The van der Waals surface area contributed by atoms with E-state index >= 15 is 0 Å². The predicted octanol–water partition coefficient (Wildman–Crippen LogP) is 1.21. The summed E-state index contributed by atoms with van der Waals surface area (Å²) < 4.78 is 0. The fourth-order valence-corrected chi connectivity index (χ4v) is 2.88. The van der Waals surface area contributed by atoms with Crippen molar-refractivity contribution in [1.82, 2.24) is 10.2 Å². The first-order valence-electron chi connectivity index (χ1n) is 7.43. The van der Waals surface area contributed by atoms with Crippen LogP contribution in [0.3, 0.4) is 0 Å². The zero-order valence-electron chi connectivity index (χ0n) is 12.0. The van der Waals surface area contributed by atoms with Crippen LogP contribution in [0, 0.1) is 11.8 Å². The van der Waals surface area contributed by atoms with Crippen LogP contribution in [0.1, 0.15) is 39.5 Å². The van der Waals surface area contributed by atoms with E-state index in [1.165, 1.54) is 6.42 Å². The maximum Gasteiger partial charge on any atom is 0.223 e. The van der Waals surface area contributed by atoms with E-state index in [0.717, 1.165) is 45.4 Å². The number of nitrogens with zero attached hydrogens (tertiary/aromatic N) is 1. The van der Waals surface area contributed by atoms with Crippen LogP contribution in [0.25, 0.3) is 0 Å². The van der Waals surface area contributed by atoms with Gasteiger partial charge in [0.15, 0.2) is 0 Å². The third-order valence-corrected chi connectivity index (χ3v) is 4.01. The van der Waals surface area contributed by atoms with Crippen LogP contribution in [0.15, 0.2) is 0 Å². The molecule has 0 aromatic heterocycles. The minimum Gasteiger partial charge on any atom is -0.355 e. The van der Waals surface area contributed by atoms with Gasteiger partial charge in [0.25, 0.3) is 0 Å². The lowest BCUT2D eigenvalue weighted by Gasteiger charge is -2.21. The van der Waals surface area contributed by atoms with Gasteiger partial charge < -0.3 is 16.0 Å². The van der Waals surface area contributed by atoms with Crippen LogP contribution < -0.4 is 11.1 Å². The third kappa shape index (κ3) is 4.58. The Morgan fingerprint density at radius 3 is 2.72 bits per heavy atom. The van der Waals surface area contributed by atoms with Gasteiger partial charge in [0.05, 0.1) is 0 Å². The summed E-state index contributed by atoms with van der Waals surface area (Å²) in [7, 11) is 0. The van der Waals surface area contributed by atoms with Gasteiger partial charge in [-0.3, -0.25) is 4.79 Å². The highest BCUT2D eigenvalue weighted by molar-refractivity contribution is 5.79. The van der Waals surface area contributed by atoms with E-state index in [1.807, 2.05) is 0 Å². The normalized spacial score (nSPS) is 23.6. The van der Waals surface area contributed by atoms with Crippen molar-refractivity contribution in [2.24, 2.45) is 17.6 Å². The maximum atomic E-state index is 12.1. The molecule has 4 heteroatoms. The van der Waals surface area contributed by atoms with Gasteiger partial charge in [-0.2, -0.15) is 0 Å². The fraction of sp³-hybridized carbons (Fsp3) is 0.929. The molecule has 3 N–H and O–H groups in total. The van der Waals surface area contributed by atoms with Crippen LogP contribution in [-0.4, -0.2) is 43.5 Å². The van der Waals surface area contributed by atoms with Gasteiger partial charge >= 0.3 is 0 Å². The summed E-state index contributed by atoms with van der Waals surface area (Å²) in [5.74, 6) is 0.787. The predicted molar refractivity (Wildman–Crippen MR) is 75.3 cm³/mol. The summed E-state index contributed by atoms with van der Waals surface area (Å²) in [5, 5.41) is 3.08. The molecule has 2 atom stereocenters. The lowest BCUT2D eigenvalue weighted by atomic mass is 9.95. The average Bonchev–Trinajstić information content (AvgIpc) is 2.85. The number of hydrogen-bond donors (Lipinski definition) is 2. The van der Waals surface area contributed by atoms with Crippen LogP contribution in [0.5, 0.6) is 0 Å². The molecule has 4 nitrogen and oxygen atoms in total. The minimum absolute atomic E-state index is 0.163. The van der Waals surface area contributed by atoms with Crippen molar-refractivity contribution in [3.8, 4) is 0 Å². The highest BCUT2D eigenvalue weighted by Gasteiger charge is 2.31. The van der Waals surface area contributed by atoms with Crippen molar-refractivity contribution in [3.05, 3.63) is 0 Å². The zero-order chi connectivity index (χ0) is 13.4. The molecule has 0 unspecified atom stereocenters. The van der Waals surface area contributed by atoms with Gasteiger partial charge in [0.1, 0.15) is 0 Å². The molecule has 1 aliphatic carbocycles. The molecule has 0 aromatic rings. The quantitative estimate of drug-likeness (QED) is 0.685. The standard InChI is InChI=1S/C14H29N3O/c1-3-9-17(4-2)10-8-16-14(18)13-7-5-6-12(13)11-15/h12-13H,3-11,15H2,1-2H3,(H,16,18)/t12-,13-/m1/s1. The first-order chi connectivity index (χ1) is 8.72. The topological polar surface area (TPSA) is 58.4 Å². The van der Waals surface area contributed by atoms with Gasteiger partial charge in [-0.05, 0) is 44.8 Å². The average molecular weight is 255 g/mol. The second kappa shape index (κ2) is 8.48. The smallest absolute Gasteiger partial charge is 0.223 e. The first-order valence-corrected chi connectivity index (χ1v) is 7.43. The summed E-state index contributed by atoms with van der Waals surface area (Å²) in [4.78, 5) is 14.4. The molecule has 1 fully saturated rings. The van der Waals surface area contributed by atoms with Crippen molar-refractivity contribution in [1.29, 1.82) is 0 Å². The molecule has 0 radical (unpaired) electrons. The number of carbonyl (C=O) groups is 1. The molecule has 106 valence electrons. The molecule has 0 saturated heterocycles. The molecule has 1 rings (SSSR count). The Morgan fingerprint density at radius 1 is 1.33 bits per heavy atom. The van der Waals surface area contributed by atoms with Gasteiger partial charge in [-0.1, -0.05) is 20.3 Å². The number of nitrogens with one attached hydrogen (secondary N) is 1. The van der Waals surface area contributed by atoms with Gasteiger partial charge in [0, 0.05) is 19.0 Å². The zero-order valence-corrected chi connectivity index (χ0v) is 12.0. The second-order valence-electron chi connectivity index (χ2n) is 5.26. The lowest BCUT2D eigenvalue weighted by molar-refractivity contribution is -0.126. The van der Waals surface area contributed by atoms with E-state index in [0.29, 0.717) is 12.5 Å². The van der Waals surface area contributed by atoms with Gasteiger partial charge in [0.2, 0.25) is 5.91 Å². The Balaban J connectivity index is 2.24. The lowest BCUT2D eigenvalue weighted by Crippen LogP contribution is -2.39. The van der Waals surface area contributed by atoms with E-state index in [1.54, 1.807) is 0 Å². The van der Waals surface area contributed by atoms with Crippen LogP contribution >= 0.6 is 0 Å². The highest BCUT2D eigenvalue weighted by Crippen LogP contribution is 2.30. The molecule has 1 amide bonds. The van der Waals surface area contributed by atoms with Crippen LogP contribution in [0.2, 0.25) is 0 Å². The molecule has 1 aliphatic rings. The van der Waals surface area contributed by atoms with Crippen molar-refractivity contribution in [2.75, 3.05) is 32.7 Å². The third-order valence-electron chi connectivity index (χ3n) is 4.01. The van der Waals surface area contributed by atoms with Gasteiger partial charge in [-0.15, -0.1) is 0 Å². The van der Waals surface area contributed by atoms with Crippen LogP contribution in [-0.2, 0) is 4.79 Å². The van der Waals surface area contributed by atoms with E-state index in [9.17, 15) is 4.79 Å². The van der Waals surface area contributed by atoms with E-state index < -0.39 is 0 Å². The second-order valence-corrected chi connectivity index (χ2v) is 5.26. The Morgan fingerprint density at radius 2 is 2.11 bits per heavy atom. The molecule has 0 spiro atoms. The molecule has 18 heavy (non-hydrogen) atoms. The summed E-state index contributed by atoms with van der Waals surface area (Å²) in [5.41, 5.74) is 5.71. The van der Waals surface area contributed by atoms with Gasteiger partial charge in [-0.25, -0.2) is 0 Å². The Bertz CT molecular complexity index is 245. The SMILES string of the molecule is CCCN(CC)CCNC(=O)[C@@H]1CCC[C@@H]1CN. The van der Waals surface area contributed by atoms with Crippen molar-refractivity contribution < 1.29 is 4.79 Å². The maximum absolute atomic E-state index is 12.1. The van der Waals surface area contributed by atoms with E-state index in [4.69, 9.17) is 5.73 Å². The molecule has 0 aliphatic heterocycles.